The Bertz CT molecular complexity index is 574. The maximum absolute atomic E-state index is 12.3. The fourth-order valence-corrected chi connectivity index (χ4v) is 4.58. The average molecular weight is 330 g/mol. The molecule has 126 valence electrons. The van der Waals surface area contributed by atoms with Gasteiger partial charge in [0, 0.05) is 6.42 Å². The molecule has 0 spiro atoms. The van der Waals surface area contributed by atoms with Crippen LogP contribution in [0.25, 0.3) is 0 Å². The van der Waals surface area contributed by atoms with Crippen LogP contribution in [0.2, 0.25) is 0 Å². The Hall–Kier alpha value is -0.950. The Morgan fingerprint density at radius 1 is 1.36 bits per heavy atom. The van der Waals surface area contributed by atoms with Crippen molar-refractivity contribution in [1.29, 1.82) is 0 Å². The molecule has 0 unspecified atom stereocenters. The minimum atomic E-state index is -3.46. The second kappa shape index (κ2) is 7.08. The lowest BCUT2D eigenvalue weighted by Gasteiger charge is -2.34. The number of aryl methyl sites for hydroxylation is 1. The smallest absolute Gasteiger partial charge is 0.241 e. The van der Waals surface area contributed by atoms with Crippen molar-refractivity contribution in [3.63, 3.8) is 0 Å². The maximum Gasteiger partial charge on any atom is 0.241 e. The molecule has 1 saturated carbocycles. The van der Waals surface area contributed by atoms with Crippen molar-refractivity contribution < 1.29 is 18.0 Å². The van der Waals surface area contributed by atoms with Gasteiger partial charge in [-0.3, -0.25) is 0 Å². The number of rotatable bonds is 7. The predicted octanol–water partition coefficient (Wildman–Crippen LogP) is 2.27. The second-order valence-electron chi connectivity index (χ2n) is 6.65. The summed E-state index contributed by atoms with van der Waals surface area (Å²) in [5.74, 6) is 0.722. The normalized spacial score (nSPS) is 26.2. The van der Waals surface area contributed by atoms with Gasteiger partial charge in [0.05, 0.1) is 11.4 Å². The monoisotopic (exact) mass is 330 g/mol. The van der Waals surface area contributed by atoms with E-state index in [1.54, 1.807) is 0 Å². The third-order valence-corrected chi connectivity index (χ3v) is 5.97. The van der Waals surface area contributed by atoms with E-state index in [4.69, 9.17) is 4.52 Å². The highest BCUT2D eigenvalue weighted by molar-refractivity contribution is 7.90. The summed E-state index contributed by atoms with van der Waals surface area (Å²) in [6.45, 7) is 4.20. The summed E-state index contributed by atoms with van der Waals surface area (Å²) in [5.41, 5.74) is -1.10. The SMILES string of the molecule is CCCCc1noc(CS(=O)(=O)CC2(O)CCC(C)CC2)n1. The summed E-state index contributed by atoms with van der Waals surface area (Å²) < 4.78 is 29.6. The van der Waals surface area contributed by atoms with E-state index in [-0.39, 0.29) is 17.4 Å². The van der Waals surface area contributed by atoms with Crippen LogP contribution in [0.5, 0.6) is 0 Å². The minimum Gasteiger partial charge on any atom is -0.389 e. The van der Waals surface area contributed by atoms with Crippen molar-refractivity contribution >= 4 is 9.84 Å². The van der Waals surface area contributed by atoms with Crippen LogP contribution in [0.3, 0.4) is 0 Å². The standard InChI is InChI=1S/C15H26N2O4S/c1-3-4-5-13-16-14(21-17-13)10-22(19,20)11-15(18)8-6-12(2)7-9-15/h12,18H,3-11H2,1-2H3. The molecule has 1 aliphatic carbocycles. The third kappa shape index (κ3) is 5.05. The Kier molecular flexibility index (Phi) is 5.60. The van der Waals surface area contributed by atoms with Gasteiger partial charge in [-0.1, -0.05) is 25.4 Å². The highest BCUT2D eigenvalue weighted by Gasteiger charge is 2.36. The van der Waals surface area contributed by atoms with Crippen LogP contribution >= 0.6 is 0 Å². The lowest BCUT2D eigenvalue weighted by atomic mass is 9.81. The molecule has 1 N–H and O–H groups in total. The van der Waals surface area contributed by atoms with E-state index in [1.165, 1.54) is 0 Å². The zero-order valence-corrected chi connectivity index (χ0v) is 14.2. The van der Waals surface area contributed by atoms with Crippen LogP contribution < -0.4 is 0 Å². The molecule has 0 saturated heterocycles. The van der Waals surface area contributed by atoms with Crippen LogP contribution in [0.1, 0.15) is 64.1 Å². The summed E-state index contributed by atoms with van der Waals surface area (Å²) >= 11 is 0. The molecule has 7 heteroatoms. The Morgan fingerprint density at radius 2 is 2.05 bits per heavy atom. The predicted molar refractivity (Wildman–Crippen MR) is 83.0 cm³/mol. The number of aromatic nitrogens is 2. The minimum absolute atomic E-state index is 0.124. The number of unbranched alkanes of at least 4 members (excludes halogenated alkanes) is 1. The quantitative estimate of drug-likeness (QED) is 0.824. The largest absolute Gasteiger partial charge is 0.389 e. The maximum atomic E-state index is 12.3. The van der Waals surface area contributed by atoms with Gasteiger partial charge in [-0.2, -0.15) is 4.98 Å². The van der Waals surface area contributed by atoms with Gasteiger partial charge in [0.25, 0.3) is 0 Å². The Labute approximate surface area is 132 Å². The molecule has 6 nitrogen and oxygen atoms in total. The molecule has 1 aromatic heterocycles. The lowest BCUT2D eigenvalue weighted by Crippen LogP contribution is -2.40. The van der Waals surface area contributed by atoms with Gasteiger partial charge in [0.2, 0.25) is 5.89 Å². The van der Waals surface area contributed by atoms with Crippen molar-refractivity contribution in [2.45, 2.75) is 70.1 Å². The van der Waals surface area contributed by atoms with Crippen molar-refractivity contribution in [2.75, 3.05) is 5.75 Å². The number of hydrogen-bond donors (Lipinski definition) is 1. The summed E-state index contributed by atoms with van der Waals surface area (Å²) in [7, 11) is -3.46. The molecule has 0 aliphatic heterocycles. The first kappa shape index (κ1) is 17.4. The van der Waals surface area contributed by atoms with Gasteiger partial charge in [-0.15, -0.1) is 0 Å². The van der Waals surface area contributed by atoms with Gasteiger partial charge in [0.1, 0.15) is 5.75 Å². The van der Waals surface area contributed by atoms with Crippen LogP contribution in [0.15, 0.2) is 4.52 Å². The molecule has 2 rings (SSSR count). The second-order valence-corrected chi connectivity index (χ2v) is 8.71. The van der Waals surface area contributed by atoms with Crippen LogP contribution in [0.4, 0.5) is 0 Å². The fourth-order valence-electron chi connectivity index (χ4n) is 2.88. The molecule has 1 heterocycles. The van der Waals surface area contributed by atoms with Crippen LogP contribution in [-0.2, 0) is 22.0 Å². The number of aliphatic hydroxyl groups is 1. The lowest BCUT2D eigenvalue weighted by molar-refractivity contribution is 0.0135. The molecule has 0 aromatic carbocycles. The van der Waals surface area contributed by atoms with E-state index in [0.29, 0.717) is 31.0 Å². The van der Waals surface area contributed by atoms with E-state index in [9.17, 15) is 13.5 Å². The first-order valence-corrected chi connectivity index (χ1v) is 9.88. The molecule has 0 radical (unpaired) electrons. The Morgan fingerprint density at radius 3 is 2.68 bits per heavy atom. The van der Waals surface area contributed by atoms with E-state index in [1.807, 2.05) is 0 Å². The summed E-state index contributed by atoms with van der Waals surface area (Å²) in [4.78, 5) is 4.12. The summed E-state index contributed by atoms with van der Waals surface area (Å²) in [6.07, 6.45) is 5.48. The van der Waals surface area contributed by atoms with Crippen LogP contribution in [0, 0.1) is 5.92 Å². The van der Waals surface area contributed by atoms with Crippen LogP contribution in [-0.4, -0.2) is 35.0 Å². The number of hydrogen-bond acceptors (Lipinski definition) is 6. The highest BCUT2D eigenvalue weighted by atomic mass is 32.2. The zero-order chi connectivity index (χ0) is 16.2. The van der Waals surface area contributed by atoms with Crippen molar-refractivity contribution in [3.8, 4) is 0 Å². The molecule has 1 fully saturated rings. The summed E-state index contributed by atoms with van der Waals surface area (Å²) in [5, 5.41) is 14.3. The van der Waals surface area contributed by atoms with Crippen molar-refractivity contribution in [3.05, 3.63) is 11.7 Å². The first-order chi connectivity index (χ1) is 10.3. The van der Waals surface area contributed by atoms with Gasteiger partial charge in [-0.05, 0) is 38.0 Å². The van der Waals surface area contributed by atoms with E-state index in [2.05, 4.69) is 24.0 Å². The summed E-state index contributed by atoms with van der Waals surface area (Å²) in [6, 6.07) is 0. The van der Waals surface area contributed by atoms with Gasteiger partial charge in [-0.25, -0.2) is 8.42 Å². The van der Waals surface area contributed by atoms with Crippen molar-refractivity contribution in [2.24, 2.45) is 5.92 Å². The molecule has 22 heavy (non-hydrogen) atoms. The van der Waals surface area contributed by atoms with Crippen molar-refractivity contribution in [1.82, 2.24) is 10.1 Å². The molecule has 0 bridgehead atoms. The van der Waals surface area contributed by atoms with Gasteiger partial charge in [0.15, 0.2) is 15.7 Å². The van der Waals surface area contributed by atoms with Gasteiger partial charge >= 0.3 is 0 Å². The molecular weight excluding hydrogens is 304 g/mol. The van der Waals surface area contributed by atoms with Gasteiger partial charge < -0.3 is 9.63 Å². The molecular formula is C15H26N2O4S. The first-order valence-electron chi connectivity index (χ1n) is 8.06. The number of nitrogens with zero attached hydrogens (tertiary/aromatic N) is 2. The average Bonchev–Trinajstić information content (AvgIpc) is 2.86. The molecule has 0 amide bonds. The zero-order valence-electron chi connectivity index (χ0n) is 13.4. The van der Waals surface area contributed by atoms with E-state index in [0.717, 1.165) is 25.7 Å². The van der Waals surface area contributed by atoms with E-state index >= 15 is 0 Å². The molecule has 1 aliphatic rings. The fraction of sp³-hybridized carbons (Fsp3) is 0.867. The molecule has 0 atom stereocenters. The third-order valence-electron chi connectivity index (χ3n) is 4.30. The van der Waals surface area contributed by atoms with E-state index < -0.39 is 15.4 Å². The number of sulfone groups is 1. The topological polar surface area (TPSA) is 93.3 Å². The molecule has 1 aromatic rings. The Balaban J connectivity index is 1.94. The highest BCUT2D eigenvalue weighted by Crippen LogP contribution is 2.33.